The van der Waals surface area contributed by atoms with E-state index in [1.165, 1.54) is 29.3 Å². The van der Waals surface area contributed by atoms with E-state index in [1.807, 2.05) is 51.1 Å². The number of hydrogen-bond acceptors (Lipinski definition) is 5. The average molecular weight is 461 g/mol. The molecule has 1 unspecified atom stereocenters. The molecule has 1 atom stereocenters. The van der Waals surface area contributed by atoms with Gasteiger partial charge >= 0.3 is 6.09 Å². The molecule has 0 spiro atoms. The molecule has 1 amide bonds. The number of carboxylic acid groups (broad SMARTS) is 1. The van der Waals surface area contributed by atoms with Crippen molar-refractivity contribution in [3.05, 3.63) is 59.5 Å². The lowest BCUT2D eigenvalue weighted by atomic mass is 9.84. The highest BCUT2D eigenvalue weighted by molar-refractivity contribution is 8.01. The molecule has 0 saturated heterocycles. The van der Waals surface area contributed by atoms with Crippen molar-refractivity contribution >= 4 is 29.2 Å². The molecular formula is C23H25FN2O3S2. The molecule has 0 radical (unpaired) electrons. The fraction of sp³-hybridized carbons (Fsp3) is 0.304. The van der Waals surface area contributed by atoms with Crippen molar-refractivity contribution in [3.8, 4) is 16.9 Å². The average Bonchev–Trinajstić information content (AvgIpc) is 3.09. The molecule has 2 heterocycles. The molecule has 3 rings (SSSR count). The Kier molecular flexibility index (Phi) is 7.23. The van der Waals surface area contributed by atoms with Crippen molar-refractivity contribution in [3.63, 3.8) is 0 Å². The molecule has 1 aromatic carbocycles. The largest absolute Gasteiger partial charge is 0.497 e. The molecule has 0 aliphatic heterocycles. The van der Waals surface area contributed by atoms with E-state index >= 15 is 0 Å². The Hall–Kier alpha value is -2.58. The van der Waals surface area contributed by atoms with Crippen LogP contribution in [0.2, 0.25) is 0 Å². The van der Waals surface area contributed by atoms with E-state index in [2.05, 4.69) is 10.3 Å². The third-order valence-electron chi connectivity index (χ3n) is 4.80. The fourth-order valence-electron chi connectivity index (χ4n) is 3.07. The molecule has 0 aliphatic rings. The zero-order chi connectivity index (χ0) is 22.6. The maximum absolute atomic E-state index is 14.5. The minimum atomic E-state index is -1.05. The minimum absolute atomic E-state index is 0.276. The third kappa shape index (κ3) is 5.98. The van der Waals surface area contributed by atoms with Crippen LogP contribution in [0.15, 0.2) is 57.8 Å². The summed E-state index contributed by atoms with van der Waals surface area (Å²) in [6.07, 6.45) is 0.877. The number of ether oxygens (including phenoxy) is 1. The molecule has 2 aromatic heterocycles. The number of methoxy groups -OCH3 is 1. The van der Waals surface area contributed by atoms with Crippen molar-refractivity contribution in [2.45, 2.75) is 42.3 Å². The molecular weight excluding hydrogens is 435 g/mol. The van der Waals surface area contributed by atoms with Gasteiger partial charge in [-0.05, 0) is 41.8 Å². The second kappa shape index (κ2) is 9.70. The van der Waals surface area contributed by atoms with Crippen molar-refractivity contribution < 1.29 is 19.0 Å². The molecule has 0 fully saturated rings. The van der Waals surface area contributed by atoms with E-state index < -0.39 is 12.0 Å². The summed E-state index contributed by atoms with van der Waals surface area (Å²) in [7, 11) is 1.62. The number of rotatable bonds is 7. The molecule has 2 N–H and O–H groups in total. The first-order valence-electron chi connectivity index (χ1n) is 9.72. The number of nitrogens with zero attached hydrogens (tertiary/aromatic N) is 1. The number of carbonyl (C=O) groups is 1. The molecule has 3 aromatic rings. The Balaban J connectivity index is 2.01. The lowest BCUT2D eigenvalue weighted by molar-refractivity contribution is 0.174. The number of benzene rings is 1. The van der Waals surface area contributed by atoms with Gasteiger partial charge in [-0.25, -0.2) is 9.78 Å². The SMILES string of the molecule is COc1cccc(Sc2sc(CC(NC(=O)O)C(C)(C)C)cc2-c2cccnc2F)c1. The van der Waals surface area contributed by atoms with Crippen LogP contribution in [0.4, 0.5) is 9.18 Å². The first kappa shape index (κ1) is 23.1. The number of amides is 1. The van der Waals surface area contributed by atoms with E-state index in [0.717, 1.165) is 25.3 Å². The number of thiophene rings is 1. The summed E-state index contributed by atoms with van der Waals surface area (Å²) >= 11 is 3.06. The lowest BCUT2D eigenvalue weighted by Gasteiger charge is -2.30. The Bertz CT molecular complexity index is 1060. The highest BCUT2D eigenvalue weighted by Crippen LogP contribution is 2.44. The quantitative estimate of drug-likeness (QED) is 0.403. The highest BCUT2D eigenvalue weighted by atomic mass is 32.2. The molecule has 8 heteroatoms. The number of nitrogens with one attached hydrogen (secondary N) is 1. The molecule has 0 bridgehead atoms. The normalized spacial score (nSPS) is 12.4. The maximum atomic E-state index is 14.5. The van der Waals surface area contributed by atoms with Gasteiger partial charge < -0.3 is 15.2 Å². The molecule has 0 aliphatic carbocycles. The van der Waals surface area contributed by atoms with E-state index in [1.54, 1.807) is 19.2 Å². The van der Waals surface area contributed by atoms with Crippen LogP contribution >= 0.6 is 23.1 Å². The van der Waals surface area contributed by atoms with Gasteiger partial charge in [0.25, 0.3) is 0 Å². The predicted octanol–water partition coefficient (Wildman–Crippen LogP) is 6.33. The number of aromatic nitrogens is 1. The maximum Gasteiger partial charge on any atom is 0.404 e. The second-order valence-electron chi connectivity index (χ2n) is 8.11. The number of pyridine rings is 1. The first-order valence-corrected chi connectivity index (χ1v) is 11.4. The summed E-state index contributed by atoms with van der Waals surface area (Å²) in [6, 6.07) is 12.8. The Morgan fingerprint density at radius 1 is 1.26 bits per heavy atom. The minimum Gasteiger partial charge on any atom is -0.497 e. The predicted molar refractivity (Wildman–Crippen MR) is 123 cm³/mol. The third-order valence-corrected chi connectivity index (χ3v) is 7.15. The van der Waals surface area contributed by atoms with Crippen molar-refractivity contribution in [2.24, 2.45) is 5.41 Å². The Morgan fingerprint density at radius 2 is 2.03 bits per heavy atom. The topological polar surface area (TPSA) is 71.5 Å². The Labute approximate surface area is 189 Å². The zero-order valence-corrected chi connectivity index (χ0v) is 19.4. The van der Waals surface area contributed by atoms with Crippen LogP contribution in [-0.4, -0.2) is 29.3 Å². The van der Waals surface area contributed by atoms with Gasteiger partial charge in [-0.1, -0.05) is 38.6 Å². The summed E-state index contributed by atoms with van der Waals surface area (Å²) in [5.74, 6) is 0.213. The van der Waals surface area contributed by atoms with E-state index in [0.29, 0.717) is 12.0 Å². The van der Waals surface area contributed by atoms with Crippen LogP contribution in [0.25, 0.3) is 11.1 Å². The van der Waals surface area contributed by atoms with E-state index in [-0.39, 0.29) is 11.5 Å². The van der Waals surface area contributed by atoms with Crippen LogP contribution in [0, 0.1) is 11.4 Å². The van der Waals surface area contributed by atoms with Crippen molar-refractivity contribution in [1.29, 1.82) is 0 Å². The molecule has 5 nitrogen and oxygen atoms in total. The first-order chi connectivity index (χ1) is 14.7. The number of hydrogen-bond donors (Lipinski definition) is 2. The molecule has 0 saturated carbocycles. The van der Waals surface area contributed by atoms with Crippen molar-refractivity contribution in [2.75, 3.05) is 7.11 Å². The second-order valence-corrected chi connectivity index (χ2v) is 10.6. The summed E-state index contributed by atoms with van der Waals surface area (Å²) in [5.41, 5.74) is 0.901. The van der Waals surface area contributed by atoms with Crippen LogP contribution in [0.3, 0.4) is 0 Å². The Morgan fingerprint density at radius 3 is 2.68 bits per heavy atom. The summed E-state index contributed by atoms with van der Waals surface area (Å²) < 4.78 is 20.7. The standard InChI is InChI=1S/C23H25FN2O3S2/c1-23(2,3)19(26-22(27)28)13-16-12-18(17-9-6-10-25-20(17)24)21(31-16)30-15-8-5-7-14(11-15)29-4/h5-12,19,26H,13H2,1-4H3,(H,27,28). The van der Waals surface area contributed by atoms with Crippen LogP contribution < -0.4 is 10.1 Å². The van der Waals surface area contributed by atoms with Gasteiger partial charge in [0.1, 0.15) is 5.75 Å². The van der Waals surface area contributed by atoms with Crippen LogP contribution in [0.1, 0.15) is 25.6 Å². The van der Waals surface area contributed by atoms with E-state index in [4.69, 9.17) is 4.74 Å². The lowest BCUT2D eigenvalue weighted by Crippen LogP contribution is -2.44. The van der Waals surface area contributed by atoms with Gasteiger partial charge in [-0.15, -0.1) is 11.3 Å². The summed E-state index contributed by atoms with van der Waals surface area (Å²) in [4.78, 5) is 17.0. The monoisotopic (exact) mass is 460 g/mol. The smallest absolute Gasteiger partial charge is 0.404 e. The van der Waals surface area contributed by atoms with Gasteiger partial charge in [-0.2, -0.15) is 4.39 Å². The van der Waals surface area contributed by atoms with Gasteiger partial charge in [0, 0.05) is 39.6 Å². The van der Waals surface area contributed by atoms with E-state index in [9.17, 15) is 14.3 Å². The van der Waals surface area contributed by atoms with Crippen LogP contribution in [0.5, 0.6) is 5.75 Å². The van der Waals surface area contributed by atoms with Gasteiger partial charge in [0.05, 0.1) is 11.3 Å². The van der Waals surface area contributed by atoms with Crippen LogP contribution in [-0.2, 0) is 6.42 Å². The summed E-state index contributed by atoms with van der Waals surface area (Å²) in [6.45, 7) is 5.98. The summed E-state index contributed by atoms with van der Waals surface area (Å²) in [5, 5.41) is 11.9. The molecule has 164 valence electrons. The molecule has 31 heavy (non-hydrogen) atoms. The highest BCUT2D eigenvalue weighted by Gasteiger charge is 2.28. The van der Waals surface area contributed by atoms with Gasteiger partial charge in [-0.3, -0.25) is 0 Å². The van der Waals surface area contributed by atoms with Crippen molar-refractivity contribution in [1.82, 2.24) is 10.3 Å². The van der Waals surface area contributed by atoms with Gasteiger partial charge in [0.15, 0.2) is 0 Å². The van der Waals surface area contributed by atoms with Gasteiger partial charge in [0.2, 0.25) is 5.95 Å². The fourth-order valence-corrected chi connectivity index (χ4v) is 5.60. The zero-order valence-electron chi connectivity index (χ0n) is 17.8. The number of halogens is 1.